The second-order valence-electron chi connectivity index (χ2n) is 7.31. The lowest BCUT2D eigenvalue weighted by Gasteiger charge is -2.35. The predicted octanol–water partition coefficient (Wildman–Crippen LogP) is 6.12. The number of benzene rings is 3. The van der Waals surface area contributed by atoms with Crippen molar-refractivity contribution in [1.29, 1.82) is 0 Å². The zero-order valence-electron chi connectivity index (χ0n) is 14.3. The van der Waals surface area contributed by atoms with Crippen LogP contribution in [0.3, 0.4) is 0 Å². The molecule has 1 aliphatic carbocycles. The molecule has 2 heteroatoms. The summed E-state index contributed by atoms with van der Waals surface area (Å²) in [6, 6.07) is 29.2. The van der Waals surface area contributed by atoms with Crippen LogP contribution in [-0.4, -0.2) is 11.3 Å². The molecule has 0 bridgehead atoms. The van der Waals surface area contributed by atoms with E-state index in [0.29, 0.717) is 23.1 Å². The third-order valence-corrected chi connectivity index (χ3v) is 7.50. The van der Waals surface area contributed by atoms with E-state index in [0.717, 1.165) is 0 Å². The van der Waals surface area contributed by atoms with Crippen LogP contribution in [-0.2, 0) is 0 Å². The Morgan fingerprint density at radius 3 is 2.31 bits per heavy atom. The van der Waals surface area contributed by atoms with E-state index >= 15 is 0 Å². The summed E-state index contributed by atoms with van der Waals surface area (Å²) in [7, 11) is 0. The lowest BCUT2D eigenvalue weighted by Crippen LogP contribution is -2.36. The predicted molar refractivity (Wildman–Crippen MR) is 110 cm³/mol. The molecule has 4 atom stereocenters. The monoisotopic (exact) mass is 353 g/mol. The van der Waals surface area contributed by atoms with Crippen molar-refractivity contribution in [2.45, 2.75) is 28.0 Å². The number of hydrogen-bond acceptors (Lipinski definition) is 2. The molecule has 2 aliphatic heterocycles. The van der Waals surface area contributed by atoms with Gasteiger partial charge in [0, 0.05) is 33.4 Å². The molecule has 0 saturated heterocycles. The van der Waals surface area contributed by atoms with Crippen molar-refractivity contribution in [3.8, 4) is 0 Å². The fraction of sp³-hybridized carbons (Fsp3) is 0.167. The summed E-state index contributed by atoms with van der Waals surface area (Å²) in [4.78, 5) is 4.00. The van der Waals surface area contributed by atoms with E-state index in [-0.39, 0.29) is 0 Å². The molecule has 3 aromatic carbocycles. The molecule has 3 aromatic rings. The summed E-state index contributed by atoms with van der Waals surface area (Å²) >= 11 is 2.08. The fourth-order valence-corrected chi connectivity index (χ4v) is 6.60. The van der Waals surface area contributed by atoms with Crippen molar-refractivity contribution in [2.24, 2.45) is 0 Å². The van der Waals surface area contributed by atoms with Crippen molar-refractivity contribution >= 4 is 23.1 Å². The molecule has 6 rings (SSSR count). The summed E-state index contributed by atoms with van der Waals surface area (Å²) in [5, 5.41) is 0.581. The van der Waals surface area contributed by atoms with Gasteiger partial charge in [-0.05, 0) is 35.4 Å². The van der Waals surface area contributed by atoms with Gasteiger partial charge in [-0.2, -0.15) is 0 Å². The third kappa shape index (κ3) is 1.94. The minimum absolute atomic E-state index is 0.401. The lowest BCUT2D eigenvalue weighted by atomic mass is 9.78. The zero-order chi connectivity index (χ0) is 17.1. The van der Waals surface area contributed by atoms with Gasteiger partial charge in [0.2, 0.25) is 0 Å². The molecule has 0 spiro atoms. The molecule has 0 aromatic heterocycles. The Hall–Kier alpha value is -2.45. The maximum atomic E-state index is 2.54. The smallest absolute Gasteiger partial charge is 0.0603 e. The van der Waals surface area contributed by atoms with E-state index in [9.17, 15) is 0 Å². The minimum atomic E-state index is 0.401. The van der Waals surface area contributed by atoms with E-state index in [1.165, 1.54) is 27.4 Å². The van der Waals surface area contributed by atoms with Gasteiger partial charge in [0.1, 0.15) is 0 Å². The van der Waals surface area contributed by atoms with Crippen molar-refractivity contribution in [1.82, 2.24) is 0 Å². The van der Waals surface area contributed by atoms with Crippen molar-refractivity contribution in [2.75, 3.05) is 4.90 Å². The first-order valence-electron chi connectivity index (χ1n) is 9.29. The van der Waals surface area contributed by atoms with Crippen LogP contribution in [0.15, 0.2) is 95.9 Å². The van der Waals surface area contributed by atoms with Crippen molar-refractivity contribution in [3.63, 3.8) is 0 Å². The third-order valence-electron chi connectivity index (χ3n) is 6.02. The topological polar surface area (TPSA) is 3.24 Å². The Morgan fingerprint density at radius 1 is 0.692 bits per heavy atom. The van der Waals surface area contributed by atoms with Gasteiger partial charge in [-0.1, -0.05) is 66.7 Å². The lowest BCUT2D eigenvalue weighted by molar-refractivity contribution is 0.554. The van der Waals surface area contributed by atoms with E-state index < -0.39 is 0 Å². The molecule has 126 valence electrons. The van der Waals surface area contributed by atoms with Gasteiger partial charge in [-0.3, -0.25) is 0 Å². The van der Waals surface area contributed by atoms with Crippen LogP contribution in [0.2, 0.25) is 0 Å². The minimum Gasteiger partial charge on any atom is -0.334 e. The molecular weight excluding hydrogens is 334 g/mol. The first-order chi connectivity index (χ1) is 12.9. The zero-order valence-corrected chi connectivity index (χ0v) is 15.1. The highest BCUT2D eigenvalue weighted by Gasteiger charge is 2.49. The quantitative estimate of drug-likeness (QED) is 0.485. The van der Waals surface area contributed by atoms with Crippen LogP contribution < -0.4 is 4.90 Å². The van der Waals surface area contributed by atoms with E-state index in [1.54, 1.807) is 0 Å². The Balaban J connectivity index is 1.52. The van der Waals surface area contributed by atoms with E-state index in [4.69, 9.17) is 0 Å². The van der Waals surface area contributed by atoms with Gasteiger partial charge in [-0.25, -0.2) is 0 Å². The number of allylic oxidation sites excluding steroid dienone is 1. The number of thioether (sulfide) groups is 1. The molecular formula is C24H19NS. The highest BCUT2D eigenvalue weighted by molar-refractivity contribution is 8.00. The van der Waals surface area contributed by atoms with Gasteiger partial charge < -0.3 is 4.90 Å². The molecule has 0 radical (unpaired) electrons. The average Bonchev–Trinajstić information content (AvgIpc) is 3.24. The summed E-state index contributed by atoms with van der Waals surface area (Å²) in [6.45, 7) is 0. The van der Waals surface area contributed by atoms with Crippen LogP contribution in [0.5, 0.6) is 0 Å². The molecule has 0 N–H and O–H groups in total. The number of para-hydroxylation sites is 2. The van der Waals surface area contributed by atoms with Crippen LogP contribution in [0.25, 0.3) is 0 Å². The first-order valence-corrected chi connectivity index (χ1v) is 10.2. The van der Waals surface area contributed by atoms with Crippen LogP contribution >= 0.6 is 11.8 Å². The van der Waals surface area contributed by atoms with Crippen LogP contribution in [0, 0.1) is 0 Å². The Morgan fingerprint density at radius 2 is 1.42 bits per heavy atom. The molecule has 2 heterocycles. The summed E-state index contributed by atoms with van der Waals surface area (Å²) in [5.74, 6) is 1.06. The number of rotatable bonds is 1. The summed E-state index contributed by atoms with van der Waals surface area (Å²) in [5.41, 5.74) is 5.67. The maximum Gasteiger partial charge on any atom is 0.0603 e. The molecule has 0 saturated carbocycles. The van der Waals surface area contributed by atoms with Crippen LogP contribution in [0.1, 0.15) is 23.0 Å². The maximum absolute atomic E-state index is 2.54. The normalized spacial score (nSPS) is 27.6. The number of hydrogen-bond donors (Lipinski definition) is 0. The largest absolute Gasteiger partial charge is 0.334 e. The Kier molecular flexibility index (Phi) is 3.12. The number of nitrogens with zero attached hydrogens (tertiary/aromatic N) is 1. The second kappa shape index (κ2) is 5.52. The SMILES string of the molecule is C1=CC2C(c3ccccc3N2c2ccccc2)C2Sc3ccccc3C12. The molecule has 26 heavy (non-hydrogen) atoms. The van der Waals surface area contributed by atoms with Crippen molar-refractivity contribution in [3.05, 3.63) is 102 Å². The molecule has 3 aliphatic rings. The first kappa shape index (κ1) is 14.7. The highest BCUT2D eigenvalue weighted by Crippen LogP contribution is 2.59. The van der Waals surface area contributed by atoms with Gasteiger partial charge in [0.15, 0.2) is 0 Å². The fourth-order valence-electron chi connectivity index (χ4n) is 4.97. The van der Waals surface area contributed by atoms with Crippen LogP contribution in [0.4, 0.5) is 11.4 Å². The van der Waals surface area contributed by atoms with Gasteiger partial charge in [-0.15, -0.1) is 11.8 Å². The highest BCUT2D eigenvalue weighted by atomic mass is 32.2. The number of anilines is 2. The summed E-state index contributed by atoms with van der Waals surface area (Å²) in [6.07, 6.45) is 4.92. The molecule has 0 amide bonds. The average molecular weight is 353 g/mol. The molecule has 4 unspecified atom stereocenters. The van der Waals surface area contributed by atoms with Gasteiger partial charge in [0.05, 0.1) is 6.04 Å². The Labute approximate surface area is 158 Å². The van der Waals surface area contributed by atoms with E-state index in [1.807, 2.05) is 0 Å². The summed E-state index contributed by atoms with van der Waals surface area (Å²) < 4.78 is 0. The standard InChI is InChI=1S/C24H19NS/c1-2-8-16(9-3-1)25-20-12-6-4-11-19(20)23-21(25)15-14-18-17-10-5-7-13-22(17)26-24(18)23/h1-15,18,21,23-24H. The van der Waals surface area contributed by atoms with Gasteiger partial charge >= 0.3 is 0 Å². The van der Waals surface area contributed by atoms with Crippen molar-refractivity contribution < 1.29 is 0 Å². The van der Waals surface area contributed by atoms with E-state index in [2.05, 4.69) is 108 Å². The molecule has 1 nitrogen and oxygen atoms in total. The second-order valence-corrected chi connectivity index (χ2v) is 8.53. The molecule has 0 fully saturated rings. The Bertz CT molecular complexity index is 1010. The van der Waals surface area contributed by atoms with Gasteiger partial charge in [0.25, 0.3) is 0 Å². The number of fused-ring (bicyclic) bond motifs is 7.